The van der Waals surface area contributed by atoms with Crippen LogP contribution in [0.4, 0.5) is 4.79 Å². The van der Waals surface area contributed by atoms with E-state index in [0.717, 1.165) is 71.2 Å². The number of primary amides is 5. The van der Waals surface area contributed by atoms with Crippen molar-refractivity contribution >= 4 is 148 Å². The molecule has 1 aromatic carbocycles. The fraction of sp³-hybridized carbons (Fsp3) is 0.667. The molecule has 25 amide bonds. The van der Waals surface area contributed by atoms with Crippen LogP contribution in [0.3, 0.4) is 0 Å². The van der Waals surface area contributed by atoms with E-state index in [1.165, 1.54) is 56.2 Å². The lowest BCUT2D eigenvalue weighted by molar-refractivity contribution is -0.163. The molecule has 52 heteroatoms. The van der Waals surface area contributed by atoms with E-state index in [4.69, 9.17) is 38.1 Å². The SMILES string of the molecule is CC[C@@H](C)[C@@H](C(=O)N(C)[C@H](C(=O)N(C)[C@@H](CC(C)C)C(=O)N[C@@H](CC(N)=O)C(=O)N[C@@H]1C(=O)N[C@@H](CC(N)=O)C(=O)N(C)CC(=O)N[C@@H](CC(N)=O)C(=O)N[C@@H](C)C(=O)N[C@H]([C@H](C)CC)C(=O)N[C@H]2CC(=O)N[C@@]2(O)[C@H](C)C(=O)N[C@@H](CC(=O)NC(N)=O)C(=O)N[C@H](C)C(=O)N(C)[C@H]([C@@H](C)CC)C(=O)O[C@@H]1C)C(C)C)N(C)C(=O)[C@H](CC(N)=O)N(C)C(=O)[C@H](C(C)C)N(C)C(=O)[C@@H](Cc1ccccc1)NC(=O)COC. The second kappa shape index (κ2) is 56.8. The van der Waals surface area contributed by atoms with Gasteiger partial charge in [-0.15, -0.1) is 0 Å². The molecule has 2 aliphatic rings. The number of nitrogens with zero attached hydrogens (tertiary/aromatic N) is 7. The number of benzene rings is 1. The standard InChI is InChI=1S/C93H150N24O28/c1-25-46(10)70-82(132)106-61-40-67(123)110-93(61,143)49(13)76(126)103-56(38-66(122)107-92(98)142)79(129)100-51(15)84(134)117(23)75(48(12)27-3)91(141)145-52(16)71(83(133)105-58(37-64(96)120)85(135)111(17)41-68(124)101-54(35-62(94)118)78(128)99-50(14)77(127)108-70)109-80(130)55(36-63(95)119)104-81(131)59(33-43(4)5)112(18)88(138)73(45(8)9)115(21)90(140)74(47(11)26-2)116(22)87(137)60(39-65(97)121)113(19)89(139)72(44(6)7)114(20)86(136)57(102-69(125)42-144-24)34-53-31-29-28-30-32-53/h28-32,43-52,54-61,70-75,143H,25-27,33-42H2,1-24H3,(H2,94,118)(H2,95,119)(H2,96,120)(H2,97,121)(H,99,128)(H,100,129)(H,101,124)(H,102,125)(H,103,126)(H,104,131)(H,105,133)(H,106,132)(H,108,127)(H,109,130)(H,110,123)(H3,98,107,122,142)/t46-,47-,48+,49-,50+,51-,52-,54+,55+,56+,57-,58+,59+,60+,61+,70-,71+,72+,73+,74+,75-,93-/m1/s1. The highest BCUT2D eigenvalue weighted by molar-refractivity contribution is 6.04. The monoisotopic (exact) mass is 2050 g/mol. The molecule has 0 spiro atoms. The molecule has 145 heavy (non-hydrogen) atoms. The summed E-state index contributed by atoms with van der Waals surface area (Å²) in [5.41, 5.74) is 25.9. The normalized spacial score (nSPS) is 23.3. The summed E-state index contributed by atoms with van der Waals surface area (Å²) in [6.45, 7) is 21.7. The Morgan fingerprint density at radius 1 is 0.510 bits per heavy atom. The van der Waals surface area contributed by atoms with Crippen molar-refractivity contribution in [2.75, 3.05) is 69.6 Å². The minimum Gasteiger partial charge on any atom is -0.458 e. The average Bonchev–Trinajstić information content (AvgIpc) is 1.60. The molecule has 0 aliphatic carbocycles. The van der Waals surface area contributed by atoms with Crippen molar-refractivity contribution in [1.29, 1.82) is 0 Å². The Morgan fingerprint density at radius 3 is 1.52 bits per heavy atom. The van der Waals surface area contributed by atoms with Gasteiger partial charge >= 0.3 is 12.0 Å². The Balaban J connectivity index is 2.33. The second-order valence-electron chi connectivity index (χ2n) is 38.3. The second-order valence-corrected chi connectivity index (χ2v) is 38.3. The maximum atomic E-state index is 15.6. The number of urea groups is 1. The van der Waals surface area contributed by atoms with E-state index in [1.54, 1.807) is 105 Å². The third kappa shape index (κ3) is 35.7. The van der Waals surface area contributed by atoms with E-state index in [1.807, 2.05) is 0 Å². The van der Waals surface area contributed by atoms with Gasteiger partial charge in [-0.1, -0.05) is 133 Å². The highest BCUT2D eigenvalue weighted by atomic mass is 16.5. The molecular weight excluding hydrogens is 1900 g/mol. The minimum atomic E-state index is -2.77. The van der Waals surface area contributed by atoms with Gasteiger partial charge in [0.25, 0.3) is 0 Å². The number of rotatable bonds is 39. The van der Waals surface area contributed by atoms with Gasteiger partial charge in [-0.25, -0.2) is 9.59 Å². The van der Waals surface area contributed by atoms with E-state index >= 15 is 38.4 Å². The first kappa shape index (κ1) is 125. The summed E-state index contributed by atoms with van der Waals surface area (Å²) in [6.07, 6.45) is -7.99. The lowest BCUT2D eigenvalue weighted by Gasteiger charge is -2.42. The molecule has 0 bridgehead atoms. The summed E-state index contributed by atoms with van der Waals surface area (Å²) in [5.74, 6) is -34.3. The van der Waals surface area contributed by atoms with Crippen molar-refractivity contribution in [2.24, 2.45) is 70.1 Å². The highest BCUT2D eigenvalue weighted by Crippen LogP contribution is 2.31. The molecule has 2 fully saturated rings. The van der Waals surface area contributed by atoms with E-state index in [2.05, 4.69) is 58.5 Å². The average molecular weight is 2050 g/mol. The number of imide groups is 1. The number of amides is 25. The fourth-order valence-electron chi connectivity index (χ4n) is 16.8. The molecule has 0 saturated carbocycles. The number of ether oxygens (including phenoxy) is 2. The molecule has 2 aliphatic heterocycles. The van der Waals surface area contributed by atoms with E-state index in [0.29, 0.717) is 10.5 Å². The molecule has 3 rings (SSSR count). The lowest BCUT2D eigenvalue weighted by atomic mass is 9.89. The molecule has 2 heterocycles. The van der Waals surface area contributed by atoms with E-state index in [-0.39, 0.29) is 32.1 Å². The predicted octanol–water partition coefficient (Wildman–Crippen LogP) is -7.44. The van der Waals surface area contributed by atoms with Gasteiger partial charge in [0.1, 0.15) is 103 Å². The summed E-state index contributed by atoms with van der Waals surface area (Å²) in [6, 6.07) is -21.3. The molecule has 22 atom stereocenters. The van der Waals surface area contributed by atoms with Crippen LogP contribution in [0.5, 0.6) is 0 Å². The Kier molecular flexibility index (Phi) is 49.0. The fourth-order valence-corrected chi connectivity index (χ4v) is 16.8. The van der Waals surface area contributed by atoms with E-state index < -0.39 is 349 Å². The zero-order chi connectivity index (χ0) is 111. The Morgan fingerprint density at radius 2 is 1.01 bits per heavy atom. The Bertz CT molecular complexity index is 4890. The van der Waals surface area contributed by atoms with Crippen molar-refractivity contribution in [3.05, 3.63) is 35.9 Å². The number of esters is 1. The predicted molar refractivity (Wildman–Crippen MR) is 517 cm³/mol. The number of aliphatic hydroxyl groups is 1. The molecular formula is C93H150N24O28. The summed E-state index contributed by atoms with van der Waals surface area (Å²) in [4.78, 5) is 362. The summed E-state index contributed by atoms with van der Waals surface area (Å²) in [7, 11) is 9.50. The van der Waals surface area contributed by atoms with Crippen LogP contribution in [0.25, 0.3) is 0 Å². The molecule has 2 saturated heterocycles. The molecule has 0 aromatic heterocycles. The third-order valence-electron chi connectivity index (χ3n) is 25.6. The van der Waals surface area contributed by atoms with Gasteiger partial charge in [0.2, 0.25) is 136 Å². The summed E-state index contributed by atoms with van der Waals surface area (Å²) < 4.78 is 11.0. The van der Waals surface area contributed by atoms with Crippen LogP contribution in [0.15, 0.2) is 30.3 Å². The van der Waals surface area contributed by atoms with Gasteiger partial charge in [0, 0.05) is 62.9 Å². The molecule has 23 N–H and O–H groups in total. The number of carbonyl (C=O) groups is 25. The third-order valence-corrected chi connectivity index (χ3v) is 25.6. The number of nitrogens with two attached hydrogens (primary N) is 5. The Hall–Kier alpha value is -14.1. The molecule has 0 radical (unpaired) electrons. The van der Waals surface area contributed by atoms with Crippen molar-refractivity contribution in [3.63, 3.8) is 0 Å². The van der Waals surface area contributed by atoms with Crippen LogP contribution in [-0.4, -0.2) is 365 Å². The number of fused-ring (bicyclic) bond motifs is 1. The number of hydrogen-bond acceptors (Lipinski definition) is 28. The van der Waals surface area contributed by atoms with Gasteiger partial charge in [-0.2, -0.15) is 0 Å². The zero-order valence-corrected chi connectivity index (χ0v) is 86.9. The van der Waals surface area contributed by atoms with Gasteiger partial charge < -0.3 is 136 Å². The van der Waals surface area contributed by atoms with Crippen LogP contribution in [0.1, 0.15) is 181 Å². The van der Waals surface area contributed by atoms with Gasteiger partial charge in [0.05, 0.1) is 57.0 Å². The molecule has 1 aromatic rings. The smallest absolute Gasteiger partial charge is 0.329 e. The number of likely N-dealkylation sites (N-methyl/N-ethyl adjacent to an activating group) is 7. The number of carbonyl (C=O) groups excluding carboxylic acids is 25. The van der Waals surface area contributed by atoms with Crippen LogP contribution >= 0.6 is 0 Å². The number of hydrogen-bond donors (Lipinski definition) is 18. The van der Waals surface area contributed by atoms with Crippen molar-refractivity contribution in [3.8, 4) is 0 Å². The number of nitrogens with one attached hydrogen (secondary N) is 12. The lowest BCUT2D eigenvalue weighted by Crippen LogP contribution is -2.65. The first-order valence-corrected chi connectivity index (χ1v) is 47.7. The quantitative estimate of drug-likeness (QED) is 0.0272. The minimum absolute atomic E-state index is 0.0103. The zero-order valence-electron chi connectivity index (χ0n) is 86.9. The summed E-state index contributed by atoms with van der Waals surface area (Å²) in [5, 5.41) is 39.7. The summed E-state index contributed by atoms with van der Waals surface area (Å²) >= 11 is 0. The topological polar surface area (TPSA) is 763 Å². The van der Waals surface area contributed by atoms with Crippen molar-refractivity contribution < 1.29 is 134 Å². The largest absolute Gasteiger partial charge is 0.458 e. The molecule has 810 valence electrons. The van der Waals surface area contributed by atoms with Crippen molar-refractivity contribution in [1.82, 2.24) is 98.1 Å². The highest BCUT2D eigenvalue weighted by Gasteiger charge is 2.55. The maximum absolute atomic E-state index is 15.6. The van der Waals surface area contributed by atoms with Gasteiger partial charge in [0.15, 0.2) is 5.72 Å². The first-order valence-electron chi connectivity index (χ1n) is 47.7. The molecule has 0 unspecified atom stereocenters. The Labute approximate surface area is 842 Å². The van der Waals surface area contributed by atoms with Gasteiger partial charge in [-0.3, -0.25) is 116 Å². The number of cyclic esters (lactones) is 1. The van der Waals surface area contributed by atoms with Crippen LogP contribution in [-0.2, 0) is 131 Å². The van der Waals surface area contributed by atoms with Gasteiger partial charge in [-0.05, 0) is 75.2 Å². The number of methoxy groups -OCH3 is 1. The van der Waals surface area contributed by atoms with Crippen LogP contribution in [0, 0.1) is 41.4 Å². The van der Waals surface area contributed by atoms with Crippen molar-refractivity contribution in [2.45, 2.75) is 290 Å². The molecule has 52 nitrogen and oxygen atoms in total. The first-order chi connectivity index (χ1) is 67.3. The van der Waals surface area contributed by atoms with E-state index in [9.17, 15) is 86.6 Å². The van der Waals surface area contributed by atoms with Crippen LogP contribution in [0.2, 0.25) is 0 Å². The maximum Gasteiger partial charge on any atom is 0.329 e. The van der Waals surface area contributed by atoms with Crippen LogP contribution < -0.4 is 92.5 Å².